The lowest BCUT2D eigenvalue weighted by atomic mass is 10.2. The summed E-state index contributed by atoms with van der Waals surface area (Å²) in [5.74, 6) is 1.31. The zero-order chi connectivity index (χ0) is 12.4. The molecule has 4 heteroatoms. The standard InChI is InChI=1S/C14H15N3O/c1-18-13-11-8-5-9-12(11)16-14(17-13)15-10-6-3-2-4-7-10/h2-4,6-7H,5,8-9H2,1H3,(H,15,16,17). The van der Waals surface area contributed by atoms with Crippen molar-refractivity contribution in [2.24, 2.45) is 0 Å². The SMILES string of the molecule is COc1nc(Nc2ccccc2)nc2c1CCC2. The van der Waals surface area contributed by atoms with Gasteiger partial charge in [0.15, 0.2) is 0 Å². The van der Waals surface area contributed by atoms with E-state index in [1.807, 2.05) is 30.3 Å². The van der Waals surface area contributed by atoms with Gasteiger partial charge in [-0.3, -0.25) is 0 Å². The molecule has 0 unspecified atom stereocenters. The van der Waals surface area contributed by atoms with Crippen LogP contribution in [-0.4, -0.2) is 17.1 Å². The van der Waals surface area contributed by atoms with Crippen LogP contribution in [-0.2, 0) is 12.8 Å². The monoisotopic (exact) mass is 241 g/mol. The Morgan fingerprint density at radius 1 is 1.11 bits per heavy atom. The summed E-state index contributed by atoms with van der Waals surface area (Å²) < 4.78 is 5.34. The van der Waals surface area contributed by atoms with Crippen LogP contribution in [0.2, 0.25) is 0 Å². The first kappa shape index (κ1) is 11.0. The van der Waals surface area contributed by atoms with Crippen molar-refractivity contribution in [2.45, 2.75) is 19.3 Å². The lowest BCUT2D eigenvalue weighted by Crippen LogP contribution is -2.03. The van der Waals surface area contributed by atoms with Gasteiger partial charge in [0, 0.05) is 11.3 Å². The van der Waals surface area contributed by atoms with Crippen molar-refractivity contribution in [3.63, 3.8) is 0 Å². The molecule has 1 aliphatic rings. The molecule has 2 aromatic rings. The summed E-state index contributed by atoms with van der Waals surface area (Å²) in [5.41, 5.74) is 3.26. The molecule has 3 rings (SSSR count). The van der Waals surface area contributed by atoms with Gasteiger partial charge in [-0.15, -0.1) is 0 Å². The van der Waals surface area contributed by atoms with Gasteiger partial charge >= 0.3 is 0 Å². The summed E-state index contributed by atoms with van der Waals surface area (Å²) in [6, 6.07) is 9.92. The second kappa shape index (κ2) is 4.64. The van der Waals surface area contributed by atoms with Crippen molar-refractivity contribution >= 4 is 11.6 Å². The molecule has 92 valence electrons. The maximum atomic E-state index is 5.34. The zero-order valence-corrected chi connectivity index (χ0v) is 10.3. The van der Waals surface area contributed by atoms with Gasteiger partial charge in [0.2, 0.25) is 11.8 Å². The fourth-order valence-electron chi connectivity index (χ4n) is 2.27. The van der Waals surface area contributed by atoms with Crippen LogP contribution in [0.1, 0.15) is 17.7 Å². The Labute approximate surface area is 106 Å². The number of anilines is 2. The topological polar surface area (TPSA) is 47.0 Å². The third-order valence-corrected chi connectivity index (χ3v) is 3.12. The van der Waals surface area contributed by atoms with E-state index in [0.717, 1.165) is 36.2 Å². The van der Waals surface area contributed by atoms with Gasteiger partial charge in [0.25, 0.3) is 0 Å². The van der Waals surface area contributed by atoms with Crippen LogP contribution in [0.3, 0.4) is 0 Å². The van der Waals surface area contributed by atoms with Crippen molar-refractivity contribution in [1.82, 2.24) is 9.97 Å². The molecule has 0 radical (unpaired) electrons. The van der Waals surface area contributed by atoms with Gasteiger partial charge in [0.05, 0.1) is 12.8 Å². The van der Waals surface area contributed by atoms with Gasteiger partial charge in [-0.05, 0) is 31.4 Å². The second-order valence-corrected chi connectivity index (χ2v) is 4.33. The number of nitrogens with one attached hydrogen (secondary N) is 1. The number of nitrogens with zero attached hydrogens (tertiary/aromatic N) is 2. The van der Waals surface area contributed by atoms with Crippen LogP contribution in [0, 0.1) is 0 Å². The number of rotatable bonds is 3. The first-order valence-corrected chi connectivity index (χ1v) is 6.12. The zero-order valence-electron chi connectivity index (χ0n) is 10.3. The van der Waals surface area contributed by atoms with E-state index in [2.05, 4.69) is 15.3 Å². The van der Waals surface area contributed by atoms with Crippen LogP contribution in [0.5, 0.6) is 5.88 Å². The number of hydrogen-bond donors (Lipinski definition) is 1. The Kier molecular flexibility index (Phi) is 2.84. The highest BCUT2D eigenvalue weighted by molar-refractivity contribution is 5.54. The van der Waals surface area contributed by atoms with E-state index in [1.54, 1.807) is 7.11 Å². The van der Waals surface area contributed by atoms with Crippen molar-refractivity contribution in [1.29, 1.82) is 0 Å². The Balaban J connectivity index is 1.94. The number of methoxy groups -OCH3 is 1. The van der Waals surface area contributed by atoms with E-state index in [0.29, 0.717) is 11.8 Å². The molecule has 0 aliphatic heterocycles. The van der Waals surface area contributed by atoms with E-state index in [9.17, 15) is 0 Å². The lowest BCUT2D eigenvalue weighted by Gasteiger charge is -2.10. The molecule has 0 amide bonds. The molecule has 0 bridgehead atoms. The molecule has 1 aliphatic carbocycles. The molecular weight excluding hydrogens is 226 g/mol. The predicted octanol–water partition coefficient (Wildman–Crippen LogP) is 2.72. The minimum Gasteiger partial charge on any atom is -0.481 e. The molecule has 0 fully saturated rings. The number of aromatic nitrogens is 2. The minimum atomic E-state index is 0.610. The fraction of sp³-hybridized carbons (Fsp3) is 0.286. The Morgan fingerprint density at radius 3 is 2.72 bits per heavy atom. The molecule has 0 atom stereocenters. The summed E-state index contributed by atoms with van der Waals surface area (Å²) in [6.07, 6.45) is 3.16. The van der Waals surface area contributed by atoms with E-state index < -0.39 is 0 Å². The molecule has 1 aromatic heterocycles. The number of ether oxygens (including phenoxy) is 1. The maximum Gasteiger partial charge on any atom is 0.230 e. The molecule has 1 N–H and O–H groups in total. The Bertz CT molecular complexity index is 554. The number of benzene rings is 1. The molecule has 1 aromatic carbocycles. The smallest absolute Gasteiger partial charge is 0.230 e. The average molecular weight is 241 g/mol. The molecule has 18 heavy (non-hydrogen) atoms. The first-order chi connectivity index (χ1) is 8.86. The summed E-state index contributed by atoms with van der Waals surface area (Å²) in [4.78, 5) is 8.97. The molecular formula is C14H15N3O. The number of para-hydroxylation sites is 1. The van der Waals surface area contributed by atoms with E-state index in [1.165, 1.54) is 0 Å². The van der Waals surface area contributed by atoms with E-state index in [4.69, 9.17) is 4.74 Å². The predicted molar refractivity (Wildman–Crippen MR) is 70.3 cm³/mol. The molecule has 0 spiro atoms. The van der Waals surface area contributed by atoms with Gasteiger partial charge in [-0.25, -0.2) is 4.98 Å². The highest BCUT2D eigenvalue weighted by Gasteiger charge is 2.19. The quantitative estimate of drug-likeness (QED) is 0.897. The summed E-state index contributed by atoms with van der Waals surface area (Å²) in [5, 5.41) is 3.21. The first-order valence-electron chi connectivity index (χ1n) is 6.12. The third kappa shape index (κ3) is 2.01. The van der Waals surface area contributed by atoms with Crippen molar-refractivity contribution in [2.75, 3.05) is 12.4 Å². The third-order valence-electron chi connectivity index (χ3n) is 3.12. The van der Waals surface area contributed by atoms with E-state index in [-0.39, 0.29) is 0 Å². The molecule has 0 saturated carbocycles. The number of fused-ring (bicyclic) bond motifs is 1. The normalized spacial score (nSPS) is 13.2. The van der Waals surface area contributed by atoms with Crippen molar-refractivity contribution in [3.8, 4) is 5.88 Å². The van der Waals surface area contributed by atoms with Crippen LogP contribution in [0.25, 0.3) is 0 Å². The maximum absolute atomic E-state index is 5.34. The van der Waals surface area contributed by atoms with Gasteiger partial charge in [0.1, 0.15) is 0 Å². The number of aryl methyl sites for hydroxylation is 1. The fourth-order valence-corrected chi connectivity index (χ4v) is 2.27. The summed E-state index contributed by atoms with van der Waals surface area (Å²) >= 11 is 0. The Morgan fingerprint density at radius 2 is 1.94 bits per heavy atom. The summed E-state index contributed by atoms with van der Waals surface area (Å²) in [7, 11) is 1.66. The molecule has 0 saturated heterocycles. The molecule has 4 nitrogen and oxygen atoms in total. The Hall–Kier alpha value is -2.10. The second-order valence-electron chi connectivity index (χ2n) is 4.33. The summed E-state index contributed by atoms with van der Waals surface area (Å²) in [6.45, 7) is 0. The largest absolute Gasteiger partial charge is 0.481 e. The highest BCUT2D eigenvalue weighted by Crippen LogP contribution is 2.29. The van der Waals surface area contributed by atoms with Crippen LogP contribution in [0.4, 0.5) is 11.6 Å². The number of hydrogen-bond acceptors (Lipinski definition) is 4. The van der Waals surface area contributed by atoms with Crippen LogP contribution in [0.15, 0.2) is 30.3 Å². The van der Waals surface area contributed by atoms with Crippen molar-refractivity contribution < 1.29 is 4.74 Å². The highest BCUT2D eigenvalue weighted by atomic mass is 16.5. The van der Waals surface area contributed by atoms with Crippen molar-refractivity contribution in [3.05, 3.63) is 41.6 Å². The van der Waals surface area contributed by atoms with Gasteiger partial charge < -0.3 is 10.1 Å². The van der Waals surface area contributed by atoms with Gasteiger partial charge in [-0.2, -0.15) is 4.98 Å². The van der Waals surface area contributed by atoms with E-state index >= 15 is 0 Å². The minimum absolute atomic E-state index is 0.610. The average Bonchev–Trinajstić information content (AvgIpc) is 2.87. The van der Waals surface area contributed by atoms with Crippen LogP contribution < -0.4 is 10.1 Å². The molecule has 1 heterocycles. The van der Waals surface area contributed by atoms with Crippen LogP contribution >= 0.6 is 0 Å². The van der Waals surface area contributed by atoms with Gasteiger partial charge in [-0.1, -0.05) is 18.2 Å². The lowest BCUT2D eigenvalue weighted by molar-refractivity contribution is 0.393.